The Morgan fingerprint density at radius 3 is 2.81 bits per heavy atom. The van der Waals surface area contributed by atoms with Crippen molar-refractivity contribution in [3.63, 3.8) is 0 Å². The van der Waals surface area contributed by atoms with Crippen molar-refractivity contribution in [1.82, 2.24) is 20.4 Å². The summed E-state index contributed by atoms with van der Waals surface area (Å²) < 4.78 is 1.74. The maximum absolute atomic E-state index is 11.8. The van der Waals surface area contributed by atoms with E-state index in [1.54, 1.807) is 4.68 Å². The number of amides is 2. The third-order valence-electron chi connectivity index (χ3n) is 3.17. The van der Waals surface area contributed by atoms with Crippen LogP contribution in [-0.4, -0.2) is 32.9 Å². The van der Waals surface area contributed by atoms with Crippen LogP contribution in [0.5, 0.6) is 0 Å². The third-order valence-corrected chi connectivity index (χ3v) is 3.17. The third kappa shape index (κ3) is 6.29. The summed E-state index contributed by atoms with van der Waals surface area (Å²) in [5.74, 6) is -0.810. The van der Waals surface area contributed by atoms with Gasteiger partial charge in [0.15, 0.2) is 0 Å². The maximum atomic E-state index is 11.8. The molecule has 0 aliphatic carbocycles. The highest BCUT2D eigenvalue weighted by atomic mass is 16.4. The fraction of sp³-hybridized carbons (Fsp3) is 0.643. The van der Waals surface area contributed by atoms with Gasteiger partial charge in [0.1, 0.15) is 0 Å². The van der Waals surface area contributed by atoms with Crippen molar-refractivity contribution in [2.24, 2.45) is 7.05 Å². The normalized spacial score (nSPS) is 12.0. The molecule has 1 unspecified atom stereocenters. The first-order chi connectivity index (χ1) is 9.92. The number of aliphatic carboxylic acids is 1. The van der Waals surface area contributed by atoms with Gasteiger partial charge in [0.2, 0.25) is 0 Å². The quantitative estimate of drug-likeness (QED) is 0.676. The molecule has 0 saturated carbocycles. The smallest absolute Gasteiger partial charge is 0.315 e. The highest BCUT2D eigenvalue weighted by Gasteiger charge is 2.10. The molecule has 0 aromatic carbocycles. The van der Waals surface area contributed by atoms with Gasteiger partial charge in [-0.2, -0.15) is 5.10 Å². The van der Waals surface area contributed by atoms with Crippen LogP contribution in [0.25, 0.3) is 0 Å². The van der Waals surface area contributed by atoms with Crippen molar-refractivity contribution in [1.29, 1.82) is 0 Å². The van der Waals surface area contributed by atoms with E-state index >= 15 is 0 Å². The largest absolute Gasteiger partial charge is 0.481 e. The Labute approximate surface area is 124 Å². The lowest BCUT2D eigenvalue weighted by Gasteiger charge is -2.14. The number of carboxylic acid groups (broad SMARTS) is 1. The molecule has 1 aromatic heterocycles. The van der Waals surface area contributed by atoms with Crippen LogP contribution in [0.15, 0.2) is 6.20 Å². The van der Waals surface area contributed by atoms with E-state index in [9.17, 15) is 9.59 Å². The van der Waals surface area contributed by atoms with Gasteiger partial charge in [-0.05, 0) is 26.2 Å². The number of rotatable bonds is 8. The van der Waals surface area contributed by atoms with Crippen LogP contribution in [0.1, 0.15) is 44.4 Å². The minimum absolute atomic E-state index is 0.0520. The van der Waals surface area contributed by atoms with Crippen molar-refractivity contribution in [3.05, 3.63) is 17.5 Å². The van der Waals surface area contributed by atoms with E-state index in [0.29, 0.717) is 19.4 Å². The number of hydrogen-bond acceptors (Lipinski definition) is 3. The lowest BCUT2D eigenvalue weighted by Crippen LogP contribution is -2.40. The molecule has 118 valence electrons. The summed E-state index contributed by atoms with van der Waals surface area (Å²) in [5, 5.41) is 18.5. The number of carboxylic acids is 1. The summed E-state index contributed by atoms with van der Waals surface area (Å²) in [4.78, 5) is 22.2. The number of urea groups is 1. The minimum atomic E-state index is -0.810. The number of carbonyl (C=O) groups excluding carboxylic acids is 1. The van der Waals surface area contributed by atoms with Gasteiger partial charge < -0.3 is 15.7 Å². The zero-order valence-corrected chi connectivity index (χ0v) is 12.8. The molecule has 0 spiro atoms. The molecular formula is C14H24N4O3. The average Bonchev–Trinajstić information content (AvgIpc) is 2.76. The fourth-order valence-corrected chi connectivity index (χ4v) is 2.11. The number of aryl methyl sites for hydroxylation is 2. The molecule has 2 amide bonds. The standard InChI is InChI=1S/C14H24N4O3/c1-4-12-11(9-18(3)17-12)8-15-14(21)16-10(2)6-5-7-13(19)20/h9-10H,4-8H2,1-3H3,(H,19,20)(H2,15,16,21). The summed E-state index contributed by atoms with van der Waals surface area (Å²) >= 11 is 0. The van der Waals surface area contributed by atoms with Gasteiger partial charge in [-0.15, -0.1) is 0 Å². The monoisotopic (exact) mass is 296 g/mol. The van der Waals surface area contributed by atoms with Crippen LogP contribution in [0.2, 0.25) is 0 Å². The topological polar surface area (TPSA) is 96.3 Å². The molecule has 21 heavy (non-hydrogen) atoms. The van der Waals surface area contributed by atoms with E-state index in [1.807, 2.05) is 27.1 Å². The van der Waals surface area contributed by atoms with Crippen LogP contribution in [-0.2, 0) is 24.8 Å². The Balaban J connectivity index is 2.31. The predicted octanol–water partition coefficient (Wildman–Crippen LogP) is 1.43. The SMILES string of the molecule is CCc1nn(C)cc1CNC(=O)NC(C)CCCC(=O)O. The molecular weight excluding hydrogens is 272 g/mol. The first kappa shape index (κ1) is 17.0. The van der Waals surface area contributed by atoms with Crippen LogP contribution in [0.4, 0.5) is 4.79 Å². The molecule has 7 nitrogen and oxygen atoms in total. The zero-order chi connectivity index (χ0) is 15.8. The second-order valence-electron chi connectivity index (χ2n) is 5.14. The van der Waals surface area contributed by atoms with Crippen molar-refractivity contribution < 1.29 is 14.7 Å². The van der Waals surface area contributed by atoms with E-state index in [1.165, 1.54) is 0 Å². The summed E-state index contributed by atoms with van der Waals surface area (Å²) in [6.07, 6.45) is 4.05. The van der Waals surface area contributed by atoms with Gasteiger partial charge in [0.05, 0.1) is 5.69 Å². The maximum Gasteiger partial charge on any atom is 0.315 e. The van der Waals surface area contributed by atoms with Crippen molar-refractivity contribution in [2.75, 3.05) is 0 Å². The van der Waals surface area contributed by atoms with Gasteiger partial charge in [0.25, 0.3) is 0 Å². The molecule has 0 aliphatic rings. The number of nitrogens with zero attached hydrogens (tertiary/aromatic N) is 2. The molecule has 0 aliphatic heterocycles. The van der Waals surface area contributed by atoms with Crippen LogP contribution >= 0.6 is 0 Å². The summed E-state index contributed by atoms with van der Waals surface area (Å²) in [6, 6.07) is -0.298. The highest BCUT2D eigenvalue weighted by Crippen LogP contribution is 2.06. The average molecular weight is 296 g/mol. The highest BCUT2D eigenvalue weighted by molar-refractivity contribution is 5.74. The van der Waals surface area contributed by atoms with Gasteiger partial charge in [-0.3, -0.25) is 9.48 Å². The summed E-state index contributed by atoms with van der Waals surface area (Å²) in [5.41, 5.74) is 1.99. The lowest BCUT2D eigenvalue weighted by molar-refractivity contribution is -0.137. The van der Waals surface area contributed by atoms with E-state index in [4.69, 9.17) is 5.11 Å². The summed E-state index contributed by atoms with van der Waals surface area (Å²) in [6.45, 7) is 4.32. The minimum Gasteiger partial charge on any atom is -0.481 e. The first-order valence-electron chi connectivity index (χ1n) is 7.20. The Morgan fingerprint density at radius 2 is 2.19 bits per heavy atom. The molecule has 7 heteroatoms. The first-order valence-corrected chi connectivity index (χ1v) is 7.20. The Kier molecular flexibility index (Phi) is 6.71. The molecule has 0 saturated heterocycles. The molecule has 0 fully saturated rings. The van der Waals surface area contributed by atoms with E-state index < -0.39 is 5.97 Å². The summed E-state index contributed by atoms with van der Waals surface area (Å²) in [7, 11) is 1.85. The molecule has 3 N–H and O–H groups in total. The van der Waals surface area contributed by atoms with E-state index in [2.05, 4.69) is 15.7 Å². The van der Waals surface area contributed by atoms with Gasteiger partial charge >= 0.3 is 12.0 Å². The zero-order valence-electron chi connectivity index (χ0n) is 12.8. The van der Waals surface area contributed by atoms with Crippen molar-refractivity contribution in [2.45, 2.75) is 52.1 Å². The van der Waals surface area contributed by atoms with Crippen molar-refractivity contribution >= 4 is 12.0 Å². The van der Waals surface area contributed by atoms with Crippen LogP contribution in [0, 0.1) is 0 Å². The molecule has 0 bridgehead atoms. The van der Waals surface area contributed by atoms with Crippen LogP contribution < -0.4 is 10.6 Å². The van der Waals surface area contributed by atoms with Crippen molar-refractivity contribution in [3.8, 4) is 0 Å². The fourth-order valence-electron chi connectivity index (χ4n) is 2.11. The second kappa shape index (κ2) is 8.28. The second-order valence-corrected chi connectivity index (χ2v) is 5.14. The Hall–Kier alpha value is -2.05. The molecule has 1 heterocycles. The lowest BCUT2D eigenvalue weighted by atomic mass is 10.1. The van der Waals surface area contributed by atoms with Crippen LogP contribution in [0.3, 0.4) is 0 Å². The van der Waals surface area contributed by atoms with E-state index in [0.717, 1.165) is 17.7 Å². The van der Waals surface area contributed by atoms with Gasteiger partial charge in [0, 0.05) is 37.8 Å². The number of aromatic nitrogens is 2. The molecule has 1 atom stereocenters. The molecule has 0 radical (unpaired) electrons. The molecule has 1 aromatic rings. The molecule has 1 rings (SSSR count). The Morgan fingerprint density at radius 1 is 1.48 bits per heavy atom. The number of carbonyl (C=O) groups is 2. The van der Waals surface area contributed by atoms with Gasteiger partial charge in [-0.1, -0.05) is 6.92 Å². The van der Waals surface area contributed by atoms with E-state index in [-0.39, 0.29) is 18.5 Å². The number of nitrogens with one attached hydrogen (secondary N) is 2. The van der Waals surface area contributed by atoms with Gasteiger partial charge in [-0.25, -0.2) is 4.79 Å². The Bertz CT molecular complexity index is 485. The predicted molar refractivity (Wildman–Crippen MR) is 78.9 cm³/mol. The number of hydrogen-bond donors (Lipinski definition) is 3.